The number of rotatable bonds is 3. The minimum atomic E-state index is -0.446. The molecule has 0 bridgehead atoms. The van der Waals surface area contributed by atoms with Crippen molar-refractivity contribution in [3.63, 3.8) is 0 Å². The summed E-state index contributed by atoms with van der Waals surface area (Å²) in [6, 6.07) is 15.6. The number of benzene rings is 2. The van der Waals surface area contributed by atoms with Crippen LogP contribution in [0.15, 0.2) is 63.8 Å². The number of hydrogen-bond acceptors (Lipinski definition) is 5. The van der Waals surface area contributed by atoms with E-state index in [4.69, 9.17) is 9.15 Å². The summed E-state index contributed by atoms with van der Waals surface area (Å²) in [4.78, 5) is 26.9. The van der Waals surface area contributed by atoms with E-state index in [0.29, 0.717) is 42.0 Å². The van der Waals surface area contributed by atoms with Gasteiger partial charge < -0.3 is 19.2 Å². The van der Waals surface area contributed by atoms with E-state index < -0.39 is 5.63 Å². The van der Waals surface area contributed by atoms with Gasteiger partial charge in [-0.2, -0.15) is 0 Å². The monoisotopic (exact) mass is 365 g/mol. The number of nitrogens with zero attached hydrogens (tertiary/aromatic N) is 1. The van der Waals surface area contributed by atoms with Crippen LogP contribution >= 0.6 is 0 Å². The molecule has 1 saturated heterocycles. The fraction of sp³-hybridized carbons (Fsp3) is 0.238. The van der Waals surface area contributed by atoms with Crippen LogP contribution in [0.2, 0.25) is 0 Å². The van der Waals surface area contributed by atoms with Gasteiger partial charge in [0.15, 0.2) is 0 Å². The van der Waals surface area contributed by atoms with Crippen molar-refractivity contribution in [2.75, 3.05) is 26.4 Å². The summed E-state index contributed by atoms with van der Waals surface area (Å²) in [7, 11) is 0. The summed E-state index contributed by atoms with van der Waals surface area (Å²) < 4.78 is 10.7. The number of fused-ring (bicyclic) bond motifs is 1. The highest BCUT2D eigenvalue weighted by molar-refractivity contribution is 5.96. The van der Waals surface area contributed by atoms with E-state index in [1.54, 1.807) is 41.3 Å². The molecule has 0 saturated carbocycles. The van der Waals surface area contributed by atoms with Crippen LogP contribution in [0, 0.1) is 0 Å². The van der Waals surface area contributed by atoms with Crippen molar-refractivity contribution >= 4 is 16.9 Å². The maximum atomic E-state index is 12.9. The molecule has 6 nitrogen and oxygen atoms in total. The molecule has 1 aliphatic heterocycles. The molecule has 1 fully saturated rings. The van der Waals surface area contributed by atoms with Crippen molar-refractivity contribution in [1.82, 2.24) is 4.90 Å². The molecular weight excluding hydrogens is 346 g/mol. The molecule has 6 heteroatoms. The van der Waals surface area contributed by atoms with Crippen LogP contribution in [0.3, 0.4) is 0 Å². The van der Waals surface area contributed by atoms with E-state index in [0.717, 1.165) is 5.39 Å². The predicted octanol–water partition coefficient (Wildman–Crippen LogP) is 2.29. The first kappa shape index (κ1) is 17.5. The van der Waals surface area contributed by atoms with Gasteiger partial charge in [0.1, 0.15) is 5.58 Å². The molecule has 1 amide bonds. The Morgan fingerprint density at radius 2 is 2.00 bits per heavy atom. The van der Waals surface area contributed by atoms with Gasteiger partial charge in [-0.25, -0.2) is 4.79 Å². The summed E-state index contributed by atoms with van der Waals surface area (Å²) in [6.07, 6.45) is 0. The lowest BCUT2D eigenvalue weighted by molar-refractivity contribution is -0.0183. The second-order valence-corrected chi connectivity index (χ2v) is 6.48. The van der Waals surface area contributed by atoms with Gasteiger partial charge in [0.25, 0.3) is 5.91 Å². The zero-order valence-electron chi connectivity index (χ0n) is 14.6. The zero-order chi connectivity index (χ0) is 18.8. The summed E-state index contributed by atoms with van der Waals surface area (Å²) in [5, 5.41) is 10.3. The van der Waals surface area contributed by atoms with E-state index in [1.165, 1.54) is 0 Å². The first-order valence-corrected chi connectivity index (χ1v) is 8.80. The molecular formula is C21H19NO5. The fourth-order valence-electron chi connectivity index (χ4n) is 3.32. The number of ether oxygens (including phenoxy) is 1. The van der Waals surface area contributed by atoms with Gasteiger partial charge in [0.05, 0.1) is 31.4 Å². The lowest BCUT2D eigenvalue weighted by Gasteiger charge is -2.34. The van der Waals surface area contributed by atoms with E-state index in [2.05, 4.69) is 0 Å². The smallest absolute Gasteiger partial charge is 0.344 e. The second-order valence-electron chi connectivity index (χ2n) is 6.48. The van der Waals surface area contributed by atoms with E-state index in [-0.39, 0.29) is 18.6 Å². The lowest BCUT2D eigenvalue weighted by atomic mass is 10.0. The van der Waals surface area contributed by atoms with E-state index in [9.17, 15) is 14.7 Å². The molecule has 0 spiro atoms. The summed E-state index contributed by atoms with van der Waals surface area (Å²) in [5.74, 6) is -0.190. The van der Waals surface area contributed by atoms with Gasteiger partial charge in [0, 0.05) is 17.5 Å². The molecule has 1 aliphatic rings. The first-order valence-electron chi connectivity index (χ1n) is 8.80. The Bertz CT molecular complexity index is 1040. The zero-order valence-corrected chi connectivity index (χ0v) is 14.6. The largest absolute Gasteiger partial charge is 0.422 e. The van der Waals surface area contributed by atoms with Crippen molar-refractivity contribution in [1.29, 1.82) is 0 Å². The number of aliphatic hydroxyl groups excluding tert-OH is 1. The Morgan fingerprint density at radius 1 is 1.15 bits per heavy atom. The van der Waals surface area contributed by atoms with E-state index >= 15 is 0 Å². The molecule has 138 valence electrons. The topological polar surface area (TPSA) is 80.0 Å². The second kappa shape index (κ2) is 7.34. The van der Waals surface area contributed by atoms with Gasteiger partial charge in [-0.1, -0.05) is 30.3 Å². The first-order chi connectivity index (χ1) is 13.2. The number of hydrogen-bond donors (Lipinski definition) is 1. The van der Waals surface area contributed by atoms with Gasteiger partial charge >= 0.3 is 5.63 Å². The van der Waals surface area contributed by atoms with Crippen LogP contribution in [-0.2, 0) is 4.74 Å². The number of carbonyl (C=O) groups is 1. The summed E-state index contributed by atoms with van der Waals surface area (Å²) in [6.45, 7) is 1.03. The molecule has 0 radical (unpaired) electrons. The Labute approximate surface area is 155 Å². The molecule has 3 aromatic rings. The number of aliphatic hydroxyl groups is 1. The third-order valence-electron chi connectivity index (χ3n) is 4.76. The average Bonchev–Trinajstić information content (AvgIpc) is 2.72. The van der Waals surface area contributed by atoms with Gasteiger partial charge in [-0.3, -0.25) is 4.79 Å². The third-order valence-corrected chi connectivity index (χ3v) is 4.76. The van der Waals surface area contributed by atoms with Crippen LogP contribution in [0.4, 0.5) is 0 Å². The SMILES string of the molecule is O=C(c1cccc(-c2cc3ccccc3oc2=O)c1)N1CCOCC1CO. The van der Waals surface area contributed by atoms with Crippen molar-refractivity contribution in [3.8, 4) is 11.1 Å². The molecule has 1 N–H and O–H groups in total. The Balaban J connectivity index is 1.71. The fourth-order valence-corrected chi connectivity index (χ4v) is 3.32. The molecule has 1 atom stereocenters. The normalized spacial score (nSPS) is 17.2. The quantitative estimate of drug-likeness (QED) is 0.721. The minimum Gasteiger partial charge on any atom is -0.422 e. The average molecular weight is 365 g/mol. The molecule has 0 aliphatic carbocycles. The lowest BCUT2D eigenvalue weighted by Crippen LogP contribution is -2.50. The van der Waals surface area contributed by atoms with E-state index in [1.807, 2.05) is 18.2 Å². The van der Waals surface area contributed by atoms with Crippen LogP contribution in [0.5, 0.6) is 0 Å². The highest BCUT2D eigenvalue weighted by Crippen LogP contribution is 2.23. The third kappa shape index (κ3) is 3.37. The highest BCUT2D eigenvalue weighted by atomic mass is 16.5. The maximum Gasteiger partial charge on any atom is 0.344 e. The van der Waals surface area contributed by atoms with Gasteiger partial charge in [0.2, 0.25) is 0 Å². The molecule has 2 aromatic carbocycles. The summed E-state index contributed by atoms with van der Waals surface area (Å²) in [5.41, 5.74) is 1.56. The molecule has 1 unspecified atom stereocenters. The van der Waals surface area contributed by atoms with Gasteiger partial charge in [-0.15, -0.1) is 0 Å². The standard InChI is InChI=1S/C21H19NO5/c23-12-17-13-26-9-8-22(17)20(24)16-6-3-5-14(10-16)18-11-15-4-1-2-7-19(15)27-21(18)25/h1-7,10-11,17,23H,8-9,12-13H2. The van der Waals surface area contributed by atoms with Crippen molar-refractivity contribution in [2.24, 2.45) is 0 Å². The highest BCUT2D eigenvalue weighted by Gasteiger charge is 2.27. The van der Waals surface area contributed by atoms with Crippen LogP contribution in [-0.4, -0.2) is 48.3 Å². The summed E-state index contributed by atoms with van der Waals surface area (Å²) >= 11 is 0. The minimum absolute atomic E-state index is 0.153. The number of para-hydroxylation sites is 1. The number of morpholine rings is 1. The molecule has 2 heterocycles. The molecule has 1 aromatic heterocycles. The van der Waals surface area contributed by atoms with Crippen molar-refractivity contribution < 1.29 is 19.1 Å². The number of carbonyl (C=O) groups excluding carboxylic acids is 1. The Hall–Kier alpha value is -2.96. The van der Waals surface area contributed by atoms with Crippen molar-refractivity contribution in [3.05, 3.63) is 70.6 Å². The number of amides is 1. The molecule has 27 heavy (non-hydrogen) atoms. The van der Waals surface area contributed by atoms with Gasteiger partial charge in [-0.05, 0) is 29.8 Å². The Kier molecular flexibility index (Phi) is 4.75. The van der Waals surface area contributed by atoms with Crippen molar-refractivity contribution in [2.45, 2.75) is 6.04 Å². The molecule has 4 rings (SSSR count). The van der Waals surface area contributed by atoms with Crippen LogP contribution in [0.25, 0.3) is 22.1 Å². The Morgan fingerprint density at radius 3 is 2.85 bits per heavy atom. The maximum absolute atomic E-state index is 12.9. The van der Waals surface area contributed by atoms with Crippen LogP contribution < -0.4 is 5.63 Å². The predicted molar refractivity (Wildman–Crippen MR) is 101 cm³/mol. The van der Waals surface area contributed by atoms with Crippen LogP contribution in [0.1, 0.15) is 10.4 Å².